The van der Waals surface area contributed by atoms with Crippen LogP contribution in [0.2, 0.25) is 0 Å². The largest absolute Gasteiger partial charge is 0.480 e. The molecule has 0 bridgehead atoms. The molecule has 0 heterocycles. The van der Waals surface area contributed by atoms with E-state index in [1.54, 1.807) is 6.92 Å². The van der Waals surface area contributed by atoms with Crippen molar-refractivity contribution in [3.05, 3.63) is 0 Å². The molecule has 1 amide bonds. The Morgan fingerprint density at radius 1 is 1.38 bits per heavy atom. The number of amides is 1. The van der Waals surface area contributed by atoms with Crippen molar-refractivity contribution in [1.29, 1.82) is 0 Å². The minimum atomic E-state index is -4.38. The summed E-state index contributed by atoms with van der Waals surface area (Å²) in [5.41, 5.74) is 0. The van der Waals surface area contributed by atoms with Gasteiger partial charge >= 0.3 is 12.1 Å². The van der Waals surface area contributed by atoms with Crippen LogP contribution < -0.4 is 5.32 Å². The number of halogens is 3. The summed E-state index contributed by atoms with van der Waals surface area (Å²) < 4.78 is 35.2. The molecule has 94 valence electrons. The summed E-state index contributed by atoms with van der Waals surface area (Å²) in [6.45, 7) is -0.629. The van der Waals surface area contributed by atoms with Crippen LogP contribution in [0.4, 0.5) is 13.2 Å². The maximum Gasteiger partial charge on any atom is 0.401 e. The molecule has 0 aromatic rings. The Morgan fingerprint density at radius 2 is 1.94 bits per heavy atom. The van der Waals surface area contributed by atoms with E-state index in [4.69, 9.17) is 5.11 Å². The smallest absolute Gasteiger partial charge is 0.401 e. The number of hydrogen-bond donors (Lipinski definition) is 2. The molecule has 0 aromatic carbocycles. The molecule has 0 aliphatic rings. The lowest BCUT2D eigenvalue weighted by atomic mass is 10.4. The third-order valence-electron chi connectivity index (χ3n) is 1.66. The van der Waals surface area contributed by atoms with Gasteiger partial charge in [0.05, 0.1) is 13.1 Å². The van der Waals surface area contributed by atoms with Gasteiger partial charge in [0, 0.05) is 6.54 Å². The Bertz CT molecular complexity index is 255. The number of carbonyl (C=O) groups excluding carboxylic acids is 1. The predicted octanol–water partition coefficient (Wildman–Crippen LogP) is 0.0714. The fraction of sp³-hybridized carbons (Fsp3) is 0.750. The molecule has 8 heteroatoms. The first kappa shape index (κ1) is 14.7. The van der Waals surface area contributed by atoms with Crippen molar-refractivity contribution in [3.63, 3.8) is 0 Å². The summed E-state index contributed by atoms with van der Waals surface area (Å²) in [4.78, 5) is 22.5. The van der Waals surface area contributed by atoms with Crippen molar-refractivity contribution in [3.8, 4) is 0 Å². The van der Waals surface area contributed by atoms with Gasteiger partial charge in [0.15, 0.2) is 0 Å². The number of carbonyl (C=O) groups is 2. The van der Waals surface area contributed by atoms with Gasteiger partial charge in [-0.1, -0.05) is 0 Å². The zero-order valence-corrected chi connectivity index (χ0v) is 8.67. The molecule has 5 nitrogen and oxygen atoms in total. The molecule has 0 spiro atoms. The Balaban J connectivity index is 3.98. The summed E-state index contributed by atoms with van der Waals surface area (Å²) >= 11 is 0. The molecule has 0 atom stereocenters. The second-order valence-corrected chi connectivity index (χ2v) is 3.02. The van der Waals surface area contributed by atoms with Gasteiger partial charge in [-0.2, -0.15) is 13.2 Å². The number of nitrogens with one attached hydrogen (secondary N) is 1. The van der Waals surface area contributed by atoms with Crippen LogP contribution in [0.3, 0.4) is 0 Å². The number of aliphatic carboxylic acids is 1. The van der Waals surface area contributed by atoms with E-state index in [1.165, 1.54) is 0 Å². The minimum absolute atomic E-state index is 0.138. The van der Waals surface area contributed by atoms with Crippen molar-refractivity contribution in [2.24, 2.45) is 0 Å². The van der Waals surface area contributed by atoms with E-state index in [0.717, 1.165) is 4.90 Å². The van der Waals surface area contributed by atoms with Gasteiger partial charge < -0.3 is 15.3 Å². The number of carboxylic acid groups (broad SMARTS) is 1. The first-order chi connectivity index (χ1) is 7.26. The van der Waals surface area contributed by atoms with Gasteiger partial charge in [0.1, 0.15) is 6.54 Å². The Kier molecular flexibility index (Phi) is 5.79. The minimum Gasteiger partial charge on any atom is -0.480 e. The fourth-order valence-corrected chi connectivity index (χ4v) is 0.963. The number of hydrogen-bond acceptors (Lipinski definition) is 3. The van der Waals surface area contributed by atoms with E-state index < -0.39 is 37.7 Å². The second-order valence-electron chi connectivity index (χ2n) is 3.02. The number of carboxylic acids is 1. The summed E-state index contributed by atoms with van der Waals surface area (Å²) in [6, 6.07) is 0. The number of rotatable bonds is 6. The van der Waals surface area contributed by atoms with E-state index in [0.29, 0.717) is 0 Å². The summed E-state index contributed by atoms with van der Waals surface area (Å²) in [5.74, 6) is -1.87. The Hall–Kier alpha value is -1.31. The van der Waals surface area contributed by atoms with E-state index in [9.17, 15) is 22.8 Å². The monoisotopic (exact) mass is 242 g/mol. The SMILES string of the molecule is CCN(CC(=O)O)C(=O)CNCC(F)(F)F. The average molecular weight is 242 g/mol. The van der Waals surface area contributed by atoms with Crippen molar-refractivity contribution in [1.82, 2.24) is 10.2 Å². The predicted molar refractivity (Wildman–Crippen MR) is 48.8 cm³/mol. The lowest BCUT2D eigenvalue weighted by Crippen LogP contribution is -2.42. The van der Waals surface area contributed by atoms with Gasteiger partial charge in [-0.15, -0.1) is 0 Å². The molecule has 0 aliphatic carbocycles. The zero-order chi connectivity index (χ0) is 12.8. The van der Waals surface area contributed by atoms with Crippen LogP contribution in [0.25, 0.3) is 0 Å². The van der Waals surface area contributed by atoms with Crippen molar-refractivity contribution in [2.45, 2.75) is 13.1 Å². The van der Waals surface area contributed by atoms with Gasteiger partial charge in [0.2, 0.25) is 5.91 Å². The third-order valence-corrected chi connectivity index (χ3v) is 1.66. The van der Waals surface area contributed by atoms with Crippen molar-refractivity contribution < 1.29 is 27.9 Å². The third kappa shape index (κ3) is 7.04. The quantitative estimate of drug-likeness (QED) is 0.691. The molecule has 0 aromatic heterocycles. The molecule has 16 heavy (non-hydrogen) atoms. The normalized spacial score (nSPS) is 11.2. The van der Waals surface area contributed by atoms with Crippen molar-refractivity contribution >= 4 is 11.9 Å². The standard InChI is InChI=1S/C8H13F3N2O3/c1-2-13(4-7(15)16)6(14)3-12-5-8(9,10)11/h12H,2-5H2,1H3,(H,15,16). The highest BCUT2D eigenvalue weighted by Crippen LogP contribution is 2.11. The summed E-state index contributed by atoms with van der Waals surface area (Å²) in [7, 11) is 0. The molecular weight excluding hydrogens is 229 g/mol. The lowest BCUT2D eigenvalue weighted by Gasteiger charge is -2.18. The van der Waals surface area contributed by atoms with E-state index in [2.05, 4.69) is 0 Å². The van der Waals surface area contributed by atoms with Crippen LogP contribution in [0.5, 0.6) is 0 Å². The highest BCUT2D eigenvalue weighted by Gasteiger charge is 2.27. The summed E-state index contributed by atoms with van der Waals surface area (Å²) in [6.07, 6.45) is -4.38. The number of alkyl halides is 3. The van der Waals surface area contributed by atoms with Crippen LogP contribution in [0.1, 0.15) is 6.92 Å². The maximum absolute atomic E-state index is 11.7. The van der Waals surface area contributed by atoms with Crippen LogP contribution in [0, 0.1) is 0 Å². The molecule has 0 saturated carbocycles. The van der Waals surface area contributed by atoms with E-state index in [1.807, 2.05) is 5.32 Å². The van der Waals surface area contributed by atoms with Crippen molar-refractivity contribution in [2.75, 3.05) is 26.2 Å². The zero-order valence-electron chi connectivity index (χ0n) is 8.67. The molecule has 0 radical (unpaired) electrons. The highest BCUT2D eigenvalue weighted by molar-refractivity contribution is 5.82. The van der Waals surface area contributed by atoms with Gasteiger partial charge in [-0.3, -0.25) is 9.59 Å². The highest BCUT2D eigenvalue weighted by atomic mass is 19.4. The molecular formula is C8H13F3N2O3. The van der Waals surface area contributed by atoms with E-state index >= 15 is 0 Å². The van der Waals surface area contributed by atoms with Gasteiger partial charge in [0.25, 0.3) is 0 Å². The van der Waals surface area contributed by atoms with E-state index in [-0.39, 0.29) is 6.54 Å². The van der Waals surface area contributed by atoms with Crippen LogP contribution in [-0.2, 0) is 9.59 Å². The molecule has 0 saturated heterocycles. The number of nitrogens with zero attached hydrogens (tertiary/aromatic N) is 1. The topological polar surface area (TPSA) is 69.6 Å². The number of likely N-dealkylation sites (N-methyl/N-ethyl adjacent to an activating group) is 1. The molecule has 2 N–H and O–H groups in total. The van der Waals surface area contributed by atoms with Gasteiger partial charge in [-0.05, 0) is 6.92 Å². The van der Waals surface area contributed by atoms with Crippen LogP contribution in [-0.4, -0.2) is 54.2 Å². The fourth-order valence-electron chi connectivity index (χ4n) is 0.963. The van der Waals surface area contributed by atoms with Gasteiger partial charge in [-0.25, -0.2) is 0 Å². The molecule has 0 aliphatic heterocycles. The first-order valence-electron chi connectivity index (χ1n) is 4.53. The molecule has 0 rings (SSSR count). The maximum atomic E-state index is 11.7. The molecule has 0 unspecified atom stereocenters. The lowest BCUT2D eigenvalue weighted by molar-refractivity contribution is -0.145. The average Bonchev–Trinajstić information content (AvgIpc) is 2.11. The Labute approximate surface area is 90.2 Å². The molecule has 0 fully saturated rings. The Morgan fingerprint density at radius 3 is 2.31 bits per heavy atom. The van der Waals surface area contributed by atoms with Crippen LogP contribution >= 0.6 is 0 Å². The second kappa shape index (κ2) is 6.31. The first-order valence-corrected chi connectivity index (χ1v) is 4.53. The van der Waals surface area contributed by atoms with Crippen LogP contribution in [0.15, 0.2) is 0 Å². The summed E-state index contributed by atoms with van der Waals surface area (Å²) in [5, 5.41) is 10.3.